The third kappa shape index (κ3) is 7.00. The zero-order valence-corrected chi connectivity index (χ0v) is 31.1. The quantitative estimate of drug-likeness (QED) is 0.235. The number of rotatable bonds is 10. The summed E-state index contributed by atoms with van der Waals surface area (Å²) in [5.74, 6) is 1.60. The summed E-state index contributed by atoms with van der Waals surface area (Å²) in [6, 6.07) is 10.8. The summed E-state index contributed by atoms with van der Waals surface area (Å²) in [6.07, 6.45) is 15.0. The summed E-state index contributed by atoms with van der Waals surface area (Å²) in [6.45, 7) is 9.98. The predicted molar refractivity (Wildman–Crippen MR) is 197 cm³/mol. The van der Waals surface area contributed by atoms with Gasteiger partial charge >= 0.3 is 6.09 Å². The normalized spacial score (nSPS) is 26.4. The number of aryl methyl sites for hydroxylation is 1. The number of anilines is 1. The monoisotopic (exact) mass is 697 g/mol. The van der Waals surface area contributed by atoms with Crippen LogP contribution in [0.2, 0.25) is 0 Å². The van der Waals surface area contributed by atoms with Crippen LogP contribution in [0.3, 0.4) is 0 Å². The highest BCUT2D eigenvalue weighted by Gasteiger charge is 2.51. The average Bonchev–Trinajstić information content (AvgIpc) is 3.65. The first-order valence-corrected chi connectivity index (χ1v) is 19.0. The molecule has 4 saturated carbocycles. The van der Waals surface area contributed by atoms with Gasteiger partial charge in [-0.05, 0) is 137 Å². The van der Waals surface area contributed by atoms with Gasteiger partial charge in [-0.1, -0.05) is 19.1 Å². The number of carbonyl (C=O) groups is 2. The van der Waals surface area contributed by atoms with Crippen molar-refractivity contribution in [3.05, 3.63) is 60.0 Å². The number of benzene rings is 1. The largest absolute Gasteiger partial charge is 0.496 e. The number of likely N-dealkylation sites (tertiary alicyclic amines) is 1. The molecule has 0 unspecified atom stereocenters. The Morgan fingerprint density at radius 3 is 2.33 bits per heavy atom. The Morgan fingerprint density at radius 2 is 1.71 bits per heavy atom. The van der Waals surface area contributed by atoms with Crippen molar-refractivity contribution in [1.82, 2.24) is 19.7 Å². The first-order valence-electron chi connectivity index (χ1n) is 19.0. The Morgan fingerprint density at radius 1 is 1.00 bits per heavy atom. The van der Waals surface area contributed by atoms with Crippen LogP contribution >= 0.6 is 0 Å². The van der Waals surface area contributed by atoms with Crippen molar-refractivity contribution in [3.63, 3.8) is 0 Å². The Balaban J connectivity index is 1.11. The van der Waals surface area contributed by atoms with Gasteiger partial charge in [0.2, 0.25) is 5.91 Å². The Bertz CT molecular complexity index is 1710. The molecule has 1 aromatic carbocycles. The van der Waals surface area contributed by atoms with Crippen LogP contribution in [-0.2, 0) is 20.5 Å². The van der Waals surface area contributed by atoms with Crippen LogP contribution in [0.25, 0.3) is 11.1 Å². The van der Waals surface area contributed by atoms with Crippen molar-refractivity contribution in [2.24, 2.45) is 11.3 Å². The number of hydrogen-bond donors (Lipinski definition) is 1. The highest BCUT2D eigenvalue weighted by atomic mass is 16.6. The van der Waals surface area contributed by atoms with Crippen LogP contribution in [0.1, 0.15) is 103 Å². The third-order valence-corrected chi connectivity index (χ3v) is 13.0. The maximum Gasteiger partial charge on any atom is 0.410 e. The molecule has 1 N–H and O–H groups in total. The van der Waals surface area contributed by atoms with Gasteiger partial charge in [-0.2, -0.15) is 5.10 Å². The predicted octanol–water partition coefficient (Wildman–Crippen LogP) is 7.40. The van der Waals surface area contributed by atoms with Gasteiger partial charge in [0.1, 0.15) is 17.7 Å². The molecule has 3 aromatic rings. The fourth-order valence-corrected chi connectivity index (χ4v) is 8.93. The SMILES string of the molecule is CCC(C)(C)n1cc(-c2ccnc(N(CC34CCC(c5ccc(OC)c(C)c5)(CC3)CC4)C(=O)[C@H]3CC[C@H](OC(=O)N4CC(O)C4)CC3)c2)cn1. The lowest BCUT2D eigenvalue weighted by Crippen LogP contribution is -2.54. The van der Waals surface area contributed by atoms with Crippen molar-refractivity contribution < 1.29 is 24.2 Å². The van der Waals surface area contributed by atoms with E-state index in [-0.39, 0.29) is 40.4 Å². The highest BCUT2D eigenvalue weighted by Crippen LogP contribution is 2.58. The second-order valence-electron chi connectivity index (χ2n) is 16.5. The van der Waals surface area contributed by atoms with Gasteiger partial charge in [-0.15, -0.1) is 0 Å². The molecular weight excluding hydrogens is 642 g/mol. The van der Waals surface area contributed by atoms with Crippen molar-refractivity contribution in [2.75, 3.05) is 31.6 Å². The van der Waals surface area contributed by atoms with Gasteiger partial charge in [0, 0.05) is 30.4 Å². The smallest absolute Gasteiger partial charge is 0.410 e. The number of ether oxygens (including phenoxy) is 2. The fourth-order valence-electron chi connectivity index (χ4n) is 8.93. The van der Waals surface area contributed by atoms with E-state index in [1.807, 2.05) is 28.0 Å². The van der Waals surface area contributed by atoms with E-state index in [1.54, 1.807) is 7.11 Å². The minimum absolute atomic E-state index is 0.0428. The summed E-state index contributed by atoms with van der Waals surface area (Å²) in [4.78, 5) is 35.6. The number of amides is 2. The molecule has 10 heteroatoms. The number of carbonyl (C=O) groups excluding carboxylic acids is 2. The van der Waals surface area contributed by atoms with Gasteiger partial charge in [0.15, 0.2) is 0 Å². The minimum Gasteiger partial charge on any atom is -0.496 e. The number of nitrogens with zero attached hydrogens (tertiary/aromatic N) is 5. The molecule has 4 aliphatic carbocycles. The number of aliphatic hydroxyl groups excluding tert-OH is 1. The molecule has 2 amide bonds. The number of fused-ring (bicyclic) bond motifs is 3. The Hall–Kier alpha value is -3.92. The van der Waals surface area contributed by atoms with E-state index in [4.69, 9.17) is 19.6 Å². The molecule has 8 rings (SSSR count). The third-order valence-electron chi connectivity index (χ3n) is 13.0. The van der Waals surface area contributed by atoms with Crippen LogP contribution in [0.15, 0.2) is 48.9 Å². The molecule has 3 heterocycles. The zero-order chi connectivity index (χ0) is 36.0. The Labute approximate surface area is 302 Å². The van der Waals surface area contributed by atoms with Crippen molar-refractivity contribution in [3.8, 4) is 16.9 Å². The van der Waals surface area contributed by atoms with Crippen LogP contribution in [0, 0.1) is 18.3 Å². The van der Waals surface area contributed by atoms with E-state index in [0.717, 1.165) is 61.8 Å². The van der Waals surface area contributed by atoms with E-state index >= 15 is 0 Å². The van der Waals surface area contributed by atoms with Crippen molar-refractivity contribution in [1.29, 1.82) is 0 Å². The molecule has 0 atom stereocenters. The van der Waals surface area contributed by atoms with Crippen LogP contribution < -0.4 is 9.64 Å². The van der Waals surface area contributed by atoms with Crippen LogP contribution in [0.5, 0.6) is 5.75 Å². The molecule has 5 aliphatic rings. The van der Waals surface area contributed by atoms with Gasteiger partial charge in [-0.3, -0.25) is 14.4 Å². The standard InChI is InChI=1S/C41H55N5O5/c1-6-39(3,4)46-24-31(23-43-46)30-13-20-42-36(22-30)45(37(48)29-7-10-34(11-8-29)51-38(49)44-25-33(47)26-44)27-40-14-17-41(18-15-40,19-16-40)32-9-12-35(50-5)28(2)21-32/h9,12-13,20-24,29,33-34,47H,6-8,10-11,14-19,25-27H2,1-5H3/t29-,34-,40?,41?. The topological polar surface area (TPSA) is 110 Å². The van der Waals surface area contributed by atoms with E-state index in [1.165, 1.54) is 16.0 Å². The Kier molecular flexibility index (Phi) is 9.67. The molecule has 10 nitrogen and oxygen atoms in total. The summed E-state index contributed by atoms with van der Waals surface area (Å²) < 4.78 is 13.4. The molecular formula is C41H55N5O5. The van der Waals surface area contributed by atoms with E-state index < -0.39 is 6.10 Å². The molecule has 274 valence electrons. The highest BCUT2D eigenvalue weighted by molar-refractivity contribution is 5.95. The molecule has 0 spiro atoms. The van der Waals surface area contributed by atoms with Gasteiger partial charge in [-0.25, -0.2) is 9.78 Å². The molecule has 2 aromatic heterocycles. The number of methoxy groups -OCH3 is 1. The zero-order valence-electron chi connectivity index (χ0n) is 31.1. The summed E-state index contributed by atoms with van der Waals surface area (Å²) in [7, 11) is 1.73. The number of aromatic nitrogens is 3. The summed E-state index contributed by atoms with van der Waals surface area (Å²) in [5, 5.41) is 14.3. The lowest BCUT2D eigenvalue weighted by molar-refractivity contribution is -0.124. The van der Waals surface area contributed by atoms with Crippen molar-refractivity contribution >= 4 is 17.8 Å². The molecule has 0 radical (unpaired) electrons. The maximum absolute atomic E-state index is 14.7. The molecule has 1 saturated heterocycles. The van der Waals surface area contributed by atoms with E-state index in [2.05, 4.69) is 58.2 Å². The molecule has 2 bridgehead atoms. The summed E-state index contributed by atoms with van der Waals surface area (Å²) >= 11 is 0. The lowest BCUT2D eigenvalue weighted by atomic mass is 9.51. The number of β-amino-alcohol motifs (C(OH)–C–C–N with tert-alkyl or cyclic N) is 1. The fraction of sp³-hybridized carbons (Fsp3) is 0.610. The average molecular weight is 698 g/mol. The second kappa shape index (κ2) is 13.9. The lowest BCUT2D eigenvalue weighted by Gasteiger charge is -2.55. The number of aliphatic hydroxyl groups is 1. The first-order chi connectivity index (χ1) is 24.4. The number of pyridine rings is 1. The first kappa shape index (κ1) is 35.5. The van der Waals surface area contributed by atoms with E-state index in [9.17, 15) is 14.7 Å². The molecule has 51 heavy (non-hydrogen) atoms. The van der Waals surface area contributed by atoms with Gasteiger partial charge < -0.3 is 19.5 Å². The van der Waals surface area contributed by atoms with Crippen LogP contribution in [0.4, 0.5) is 10.6 Å². The summed E-state index contributed by atoms with van der Waals surface area (Å²) in [5.41, 5.74) is 4.75. The number of hydrogen-bond acceptors (Lipinski definition) is 7. The molecule has 1 aliphatic heterocycles. The minimum atomic E-state index is -0.459. The van der Waals surface area contributed by atoms with Gasteiger partial charge in [0.25, 0.3) is 0 Å². The van der Waals surface area contributed by atoms with E-state index in [0.29, 0.717) is 51.1 Å². The second-order valence-corrected chi connectivity index (χ2v) is 16.5. The molecule has 5 fully saturated rings. The van der Waals surface area contributed by atoms with Crippen molar-refractivity contribution in [2.45, 2.75) is 121 Å². The maximum atomic E-state index is 14.7. The van der Waals surface area contributed by atoms with Crippen LogP contribution in [-0.4, -0.2) is 75.7 Å². The van der Waals surface area contributed by atoms with Gasteiger partial charge in [0.05, 0.1) is 38.0 Å².